The molecular formula is C22H20N4O. The monoisotopic (exact) mass is 356 g/mol. The summed E-state index contributed by atoms with van der Waals surface area (Å²) in [7, 11) is 0. The summed E-state index contributed by atoms with van der Waals surface area (Å²) in [4.78, 5) is 17.0. The number of fused-ring (bicyclic) bond motifs is 1. The van der Waals surface area contributed by atoms with Crippen LogP contribution in [0.1, 0.15) is 30.2 Å². The summed E-state index contributed by atoms with van der Waals surface area (Å²) < 4.78 is 1.85. The van der Waals surface area contributed by atoms with Crippen molar-refractivity contribution in [3.8, 4) is 11.1 Å². The third kappa shape index (κ3) is 3.44. The van der Waals surface area contributed by atoms with Crippen LogP contribution in [-0.4, -0.2) is 20.7 Å². The molecule has 0 saturated heterocycles. The highest BCUT2D eigenvalue weighted by atomic mass is 16.1. The molecule has 0 atom stereocenters. The first-order valence-electron chi connectivity index (χ1n) is 8.92. The number of carbonyl (C=O) groups is 1. The van der Waals surface area contributed by atoms with Crippen molar-refractivity contribution in [2.75, 3.05) is 5.32 Å². The van der Waals surface area contributed by atoms with Crippen molar-refractivity contribution in [3.05, 3.63) is 78.6 Å². The predicted octanol–water partition coefficient (Wildman–Crippen LogP) is 4.93. The van der Waals surface area contributed by atoms with Crippen LogP contribution >= 0.6 is 0 Å². The summed E-state index contributed by atoms with van der Waals surface area (Å²) in [6.45, 7) is 4.10. The van der Waals surface area contributed by atoms with Crippen LogP contribution in [0.3, 0.4) is 0 Å². The molecule has 134 valence electrons. The van der Waals surface area contributed by atoms with E-state index >= 15 is 0 Å². The van der Waals surface area contributed by atoms with E-state index in [9.17, 15) is 4.79 Å². The van der Waals surface area contributed by atoms with Gasteiger partial charge < -0.3 is 5.32 Å². The van der Waals surface area contributed by atoms with Crippen LogP contribution in [0.5, 0.6) is 0 Å². The molecule has 2 aromatic carbocycles. The number of nitrogens with one attached hydrogen (secondary N) is 1. The van der Waals surface area contributed by atoms with E-state index < -0.39 is 0 Å². The van der Waals surface area contributed by atoms with Crippen LogP contribution < -0.4 is 5.32 Å². The lowest BCUT2D eigenvalue weighted by atomic mass is 10.1. The first kappa shape index (κ1) is 17.0. The minimum Gasteiger partial charge on any atom is -0.322 e. The molecule has 0 aliphatic carbocycles. The first-order chi connectivity index (χ1) is 13.1. The van der Waals surface area contributed by atoms with Crippen LogP contribution in [0.25, 0.3) is 22.2 Å². The molecule has 1 amide bonds. The molecule has 1 N–H and O–H groups in total. The zero-order chi connectivity index (χ0) is 18.8. The predicted molar refractivity (Wildman–Crippen MR) is 108 cm³/mol. The maximum atomic E-state index is 12.6. The molecule has 0 aliphatic rings. The molecule has 2 aromatic heterocycles. The fourth-order valence-electron chi connectivity index (χ4n) is 3.02. The third-order valence-corrected chi connectivity index (χ3v) is 4.43. The lowest BCUT2D eigenvalue weighted by Gasteiger charge is -2.08. The lowest BCUT2D eigenvalue weighted by Crippen LogP contribution is -2.12. The Morgan fingerprint density at radius 2 is 1.67 bits per heavy atom. The maximum absolute atomic E-state index is 12.6. The largest absolute Gasteiger partial charge is 0.322 e. The summed E-state index contributed by atoms with van der Waals surface area (Å²) in [5.41, 5.74) is 4.30. The number of nitrogens with zero attached hydrogens (tertiary/aromatic N) is 3. The Bertz CT molecular complexity index is 1080. The number of hydrogen-bond acceptors (Lipinski definition) is 3. The Hall–Kier alpha value is -3.47. The average Bonchev–Trinajstić information content (AvgIpc) is 3.13. The van der Waals surface area contributed by atoms with E-state index in [0.717, 1.165) is 27.8 Å². The Morgan fingerprint density at radius 1 is 0.963 bits per heavy atom. The molecule has 5 heteroatoms. The smallest absolute Gasteiger partial charge is 0.257 e. The molecule has 0 aliphatic heterocycles. The van der Waals surface area contributed by atoms with Crippen LogP contribution in [0.15, 0.2) is 73.1 Å². The van der Waals surface area contributed by atoms with Gasteiger partial charge in [0.25, 0.3) is 5.91 Å². The number of hydrogen-bond donors (Lipinski definition) is 1. The highest BCUT2D eigenvalue weighted by Gasteiger charge is 2.12. The van der Waals surface area contributed by atoms with Gasteiger partial charge in [-0.3, -0.25) is 4.79 Å². The van der Waals surface area contributed by atoms with E-state index in [0.29, 0.717) is 5.56 Å². The number of pyridine rings is 1. The highest BCUT2D eigenvalue weighted by Crippen LogP contribution is 2.22. The average molecular weight is 356 g/mol. The Morgan fingerprint density at radius 3 is 2.37 bits per heavy atom. The van der Waals surface area contributed by atoms with E-state index in [1.807, 2.05) is 67.1 Å². The number of rotatable bonds is 4. The van der Waals surface area contributed by atoms with Gasteiger partial charge in [-0.05, 0) is 43.2 Å². The van der Waals surface area contributed by atoms with Crippen molar-refractivity contribution in [3.63, 3.8) is 0 Å². The molecule has 5 nitrogen and oxygen atoms in total. The quantitative estimate of drug-likeness (QED) is 0.564. The van der Waals surface area contributed by atoms with Crippen molar-refractivity contribution < 1.29 is 4.79 Å². The van der Waals surface area contributed by atoms with Gasteiger partial charge in [0.2, 0.25) is 0 Å². The van der Waals surface area contributed by atoms with Gasteiger partial charge in [-0.15, -0.1) is 0 Å². The Kier molecular flexibility index (Phi) is 4.42. The second-order valence-corrected chi connectivity index (χ2v) is 6.72. The van der Waals surface area contributed by atoms with Crippen LogP contribution in [0.4, 0.5) is 5.69 Å². The van der Waals surface area contributed by atoms with Gasteiger partial charge >= 0.3 is 0 Å². The van der Waals surface area contributed by atoms with Gasteiger partial charge in [0.15, 0.2) is 5.65 Å². The summed E-state index contributed by atoms with van der Waals surface area (Å²) in [6, 6.07) is 20.0. The first-order valence-corrected chi connectivity index (χ1v) is 8.92. The summed E-state index contributed by atoms with van der Waals surface area (Å²) in [5.74, 6) is -0.186. The summed E-state index contributed by atoms with van der Waals surface area (Å²) in [5, 5.41) is 8.12. The third-order valence-electron chi connectivity index (χ3n) is 4.43. The highest BCUT2D eigenvalue weighted by molar-refractivity contribution is 6.05. The number of amides is 1. The molecule has 0 saturated carbocycles. The molecule has 2 heterocycles. The van der Waals surface area contributed by atoms with Gasteiger partial charge in [0.1, 0.15) is 0 Å². The lowest BCUT2D eigenvalue weighted by molar-refractivity contribution is 0.102. The molecule has 27 heavy (non-hydrogen) atoms. The van der Waals surface area contributed by atoms with Crippen molar-refractivity contribution >= 4 is 22.6 Å². The zero-order valence-electron chi connectivity index (χ0n) is 15.3. The number of aromatic nitrogens is 3. The molecule has 4 rings (SSSR count). The van der Waals surface area contributed by atoms with E-state index in [-0.39, 0.29) is 11.9 Å². The second-order valence-electron chi connectivity index (χ2n) is 6.72. The Balaban J connectivity index is 1.53. The normalized spacial score (nSPS) is 11.1. The van der Waals surface area contributed by atoms with Gasteiger partial charge in [-0.25, -0.2) is 9.67 Å². The SMILES string of the molecule is CC(C)n1ncc2cc(C(=O)Nc3ccc(-c4ccccc4)cc3)cnc21. The molecule has 0 fully saturated rings. The molecule has 0 spiro atoms. The number of anilines is 1. The topological polar surface area (TPSA) is 59.8 Å². The van der Waals surface area contributed by atoms with Crippen LogP contribution in [-0.2, 0) is 0 Å². The number of benzene rings is 2. The van der Waals surface area contributed by atoms with Gasteiger partial charge in [0.05, 0.1) is 11.8 Å². The molecule has 4 aromatic rings. The molecule has 0 unspecified atom stereocenters. The minimum atomic E-state index is -0.186. The standard InChI is InChI=1S/C22H20N4O/c1-15(2)26-21-18(14-24-26)12-19(13-23-21)22(27)25-20-10-8-17(9-11-20)16-6-4-3-5-7-16/h3-15H,1-2H3,(H,25,27). The molecular weight excluding hydrogens is 336 g/mol. The molecule has 0 radical (unpaired) electrons. The maximum Gasteiger partial charge on any atom is 0.257 e. The fourth-order valence-corrected chi connectivity index (χ4v) is 3.02. The fraction of sp³-hybridized carbons (Fsp3) is 0.136. The van der Waals surface area contributed by atoms with Crippen molar-refractivity contribution in [2.45, 2.75) is 19.9 Å². The molecule has 0 bridgehead atoms. The van der Waals surface area contributed by atoms with Gasteiger partial charge in [-0.1, -0.05) is 42.5 Å². The van der Waals surface area contributed by atoms with Crippen molar-refractivity contribution in [2.24, 2.45) is 0 Å². The summed E-state index contributed by atoms with van der Waals surface area (Å²) in [6.07, 6.45) is 3.34. The van der Waals surface area contributed by atoms with Crippen LogP contribution in [0.2, 0.25) is 0 Å². The minimum absolute atomic E-state index is 0.186. The van der Waals surface area contributed by atoms with Gasteiger partial charge in [0, 0.05) is 23.3 Å². The van der Waals surface area contributed by atoms with E-state index in [2.05, 4.69) is 27.5 Å². The Labute approximate surface area is 157 Å². The van der Waals surface area contributed by atoms with Crippen molar-refractivity contribution in [1.29, 1.82) is 0 Å². The van der Waals surface area contributed by atoms with E-state index in [1.54, 1.807) is 12.4 Å². The van der Waals surface area contributed by atoms with E-state index in [4.69, 9.17) is 0 Å². The summed E-state index contributed by atoms with van der Waals surface area (Å²) >= 11 is 0. The van der Waals surface area contributed by atoms with Gasteiger partial charge in [-0.2, -0.15) is 5.10 Å². The second kappa shape index (κ2) is 7.03. The van der Waals surface area contributed by atoms with E-state index in [1.165, 1.54) is 0 Å². The number of carbonyl (C=O) groups excluding carboxylic acids is 1. The van der Waals surface area contributed by atoms with Crippen LogP contribution in [0, 0.1) is 0 Å². The van der Waals surface area contributed by atoms with Crippen molar-refractivity contribution in [1.82, 2.24) is 14.8 Å². The zero-order valence-corrected chi connectivity index (χ0v) is 15.3.